The number of anilines is 2. The van der Waals surface area contributed by atoms with Gasteiger partial charge < -0.3 is 24.8 Å². The van der Waals surface area contributed by atoms with Crippen LogP contribution in [-0.4, -0.2) is 42.6 Å². The monoisotopic (exact) mass is 410 g/mol. The second-order valence-corrected chi connectivity index (χ2v) is 6.75. The quantitative estimate of drug-likeness (QED) is 0.580. The molecule has 0 radical (unpaired) electrons. The van der Waals surface area contributed by atoms with Crippen LogP contribution in [0.1, 0.15) is 18.9 Å². The first-order valence-corrected chi connectivity index (χ1v) is 9.32. The Morgan fingerprint density at radius 1 is 1.27 bits per heavy atom. The Kier molecular flexibility index (Phi) is 6.36. The van der Waals surface area contributed by atoms with Crippen LogP contribution in [0.4, 0.5) is 11.4 Å². The lowest BCUT2D eigenvalue weighted by Crippen LogP contribution is -2.41. The summed E-state index contributed by atoms with van der Waals surface area (Å²) in [5.41, 5.74) is 1.71. The summed E-state index contributed by atoms with van der Waals surface area (Å²) in [5.74, 6) is -1.05. The van der Waals surface area contributed by atoms with Crippen molar-refractivity contribution in [1.82, 2.24) is 0 Å². The summed E-state index contributed by atoms with van der Waals surface area (Å²) in [4.78, 5) is 38.3. The molecule has 0 spiro atoms. The zero-order chi connectivity index (χ0) is 21.7. The molecule has 0 unspecified atom stereocenters. The molecule has 8 heteroatoms. The third kappa shape index (κ3) is 4.78. The van der Waals surface area contributed by atoms with Crippen molar-refractivity contribution in [2.75, 3.05) is 23.9 Å². The van der Waals surface area contributed by atoms with E-state index in [0.29, 0.717) is 16.9 Å². The van der Waals surface area contributed by atoms with E-state index in [2.05, 4.69) is 5.32 Å². The van der Waals surface area contributed by atoms with E-state index in [1.165, 1.54) is 30.2 Å². The van der Waals surface area contributed by atoms with E-state index in [4.69, 9.17) is 9.47 Å². The number of hydrogen-bond acceptors (Lipinski definition) is 6. The number of benzene rings is 2. The summed E-state index contributed by atoms with van der Waals surface area (Å²) >= 11 is 0. The number of phenols is 1. The third-order valence-electron chi connectivity index (χ3n) is 4.58. The minimum absolute atomic E-state index is 0.0114. The molecule has 0 aromatic heterocycles. The number of phenolic OH excluding ortho intramolecular Hbond substituents is 1. The highest BCUT2D eigenvalue weighted by Crippen LogP contribution is 2.31. The molecular formula is C22H22N2O6. The lowest BCUT2D eigenvalue weighted by atomic mass is 10.1. The molecule has 2 aromatic carbocycles. The van der Waals surface area contributed by atoms with Gasteiger partial charge in [-0.1, -0.05) is 18.2 Å². The molecule has 2 aromatic rings. The van der Waals surface area contributed by atoms with Crippen LogP contribution in [-0.2, 0) is 19.1 Å². The van der Waals surface area contributed by atoms with Gasteiger partial charge >= 0.3 is 5.97 Å². The molecular weight excluding hydrogens is 388 g/mol. The van der Waals surface area contributed by atoms with Crippen molar-refractivity contribution in [2.45, 2.75) is 19.4 Å². The van der Waals surface area contributed by atoms with Gasteiger partial charge in [-0.25, -0.2) is 4.79 Å². The molecule has 8 nitrogen and oxygen atoms in total. The summed E-state index contributed by atoms with van der Waals surface area (Å²) in [6.45, 7) is 1.30. The number of esters is 1. The fraction of sp³-hybridized carbons (Fsp3) is 0.227. The van der Waals surface area contributed by atoms with Crippen LogP contribution in [0.15, 0.2) is 48.5 Å². The van der Waals surface area contributed by atoms with Gasteiger partial charge in [-0.15, -0.1) is 0 Å². The molecule has 0 aliphatic carbocycles. The number of nitrogens with one attached hydrogen (secondary N) is 1. The number of rotatable bonds is 5. The van der Waals surface area contributed by atoms with Gasteiger partial charge in [0.2, 0.25) is 5.91 Å². The first-order chi connectivity index (χ1) is 14.4. The van der Waals surface area contributed by atoms with E-state index in [1.807, 2.05) is 0 Å². The van der Waals surface area contributed by atoms with Crippen LogP contribution < -0.4 is 15.0 Å². The molecule has 1 atom stereocenters. The molecule has 1 aliphatic heterocycles. The standard InChI is InChI=1S/C22H22N2O6/c1-14-11-20(26)23-16-5-3-4-6-17(16)24(14)21(27)13-30-22(28)10-8-15-7-9-18(25)19(12-15)29-2/h3-10,12,14,25H,11,13H2,1-2H3,(H,23,26)/b10-8+/t14-/m0/s1. The fourth-order valence-electron chi connectivity index (χ4n) is 3.18. The SMILES string of the molecule is COc1cc(/C=C/C(=O)OCC(=O)N2c3ccccc3NC(=O)C[C@@H]2C)ccc1O. The number of hydrogen-bond donors (Lipinski definition) is 2. The summed E-state index contributed by atoms with van der Waals surface area (Å²) in [5, 5.41) is 12.4. The second kappa shape index (κ2) is 9.13. The molecule has 2 N–H and O–H groups in total. The first kappa shape index (κ1) is 20.9. The number of ether oxygens (including phenoxy) is 2. The van der Waals surface area contributed by atoms with Crippen LogP contribution >= 0.6 is 0 Å². The normalized spacial score (nSPS) is 15.9. The third-order valence-corrected chi connectivity index (χ3v) is 4.58. The van der Waals surface area contributed by atoms with Crippen LogP contribution in [0.2, 0.25) is 0 Å². The molecule has 3 rings (SSSR count). The first-order valence-electron chi connectivity index (χ1n) is 9.32. The highest BCUT2D eigenvalue weighted by Gasteiger charge is 2.29. The molecule has 1 heterocycles. The Balaban J connectivity index is 1.66. The maximum atomic E-state index is 12.8. The Morgan fingerprint density at radius 2 is 2.03 bits per heavy atom. The topological polar surface area (TPSA) is 105 Å². The lowest BCUT2D eigenvalue weighted by Gasteiger charge is -2.27. The van der Waals surface area contributed by atoms with Gasteiger partial charge in [0, 0.05) is 18.5 Å². The highest BCUT2D eigenvalue weighted by atomic mass is 16.5. The molecule has 0 saturated carbocycles. The van der Waals surface area contributed by atoms with E-state index in [1.54, 1.807) is 43.3 Å². The molecule has 1 aliphatic rings. The largest absolute Gasteiger partial charge is 0.504 e. The number of para-hydroxylation sites is 2. The summed E-state index contributed by atoms with van der Waals surface area (Å²) in [6, 6.07) is 11.2. The van der Waals surface area contributed by atoms with Gasteiger partial charge in [-0.2, -0.15) is 0 Å². The minimum atomic E-state index is -0.694. The molecule has 30 heavy (non-hydrogen) atoms. The zero-order valence-corrected chi connectivity index (χ0v) is 16.6. The number of amides is 2. The van der Waals surface area contributed by atoms with Crippen molar-refractivity contribution in [2.24, 2.45) is 0 Å². The lowest BCUT2D eigenvalue weighted by molar-refractivity contribution is -0.143. The van der Waals surface area contributed by atoms with Crippen LogP contribution in [0.25, 0.3) is 6.08 Å². The highest BCUT2D eigenvalue weighted by molar-refractivity contribution is 6.05. The molecule has 2 amide bonds. The number of nitrogens with zero attached hydrogens (tertiary/aromatic N) is 1. The van der Waals surface area contributed by atoms with E-state index in [0.717, 1.165) is 0 Å². The molecule has 0 saturated heterocycles. The zero-order valence-electron chi connectivity index (χ0n) is 16.6. The Morgan fingerprint density at radius 3 is 2.80 bits per heavy atom. The fourth-order valence-corrected chi connectivity index (χ4v) is 3.18. The number of fused-ring (bicyclic) bond motifs is 1. The Hall–Kier alpha value is -3.81. The maximum Gasteiger partial charge on any atom is 0.331 e. The van der Waals surface area contributed by atoms with Crippen molar-refractivity contribution in [3.8, 4) is 11.5 Å². The van der Waals surface area contributed by atoms with Crippen molar-refractivity contribution in [3.63, 3.8) is 0 Å². The van der Waals surface area contributed by atoms with Gasteiger partial charge in [0.25, 0.3) is 5.91 Å². The van der Waals surface area contributed by atoms with Crippen LogP contribution in [0.5, 0.6) is 11.5 Å². The number of carbonyl (C=O) groups excluding carboxylic acids is 3. The number of methoxy groups -OCH3 is 1. The average Bonchev–Trinajstić information content (AvgIpc) is 2.85. The predicted molar refractivity (Wildman–Crippen MR) is 111 cm³/mol. The second-order valence-electron chi connectivity index (χ2n) is 6.75. The summed E-state index contributed by atoms with van der Waals surface area (Å²) in [7, 11) is 1.42. The van der Waals surface area contributed by atoms with E-state index in [-0.39, 0.29) is 29.9 Å². The van der Waals surface area contributed by atoms with Crippen LogP contribution in [0.3, 0.4) is 0 Å². The summed E-state index contributed by atoms with van der Waals surface area (Å²) < 4.78 is 10.1. The minimum Gasteiger partial charge on any atom is -0.504 e. The Bertz CT molecular complexity index is 1000. The molecule has 156 valence electrons. The van der Waals surface area contributed by atoms with E-state index >= 15 is 0 Å². The van der Waals surface area contributed by atoms with Gasteiger partial charge in [0.15, 0.2) is 18.1 Å². The Labute approximate surface area is 173 Å². The van der Waals surface area contributed by atoms with Crippen molar-refractivity contribution < 1.29 is 29.0 Å². The molecule has 0 fully saturated rings. The smallest absolute Gasteiger partial charge is 0.331 e. The van der Waals surface area contributed by atoms with Gasteiger partial charge in [-0.05, 0) is 42.8 Å². The van der Waals surface area contributed by atoms with Crippen molar-refractivity contribution in [3.05, 3.63) is 54.1 Å². The van der Waals surface area contributed by atoms with Gasteiger partial charge in [0.1, 0.15) is 0 Å². The predicted octanol–water partition coefficient (Wildman–Crippen LogP) is 2.72. The summed E-state index contributed by atoms with van der Waals surface area (Å²) in [6.07, 6.45) is 2.81. The number of carbonyl (C=O) groups is 3. The van der Waals surface area contributed by atoms with E-state index in [9.17, 15) is 19.5 Å². The van der Waals surface area contributed by atoms with Crippen molar-refractivity contribution >= 4 is 35.2 Å². The maximum absolute atomic E-state index is 12.8. The van der Waals surface area contributed by atoms with Gasteiger partial charge in [0.05, 0.1) is 18.5 Å². The number of aromatic hydroxyl groups is 1. The van der Waals surface area contributed by atoms with Crippen molar-refractivity contribution in [1.29, 1.82) is 0 Å². The van der Waals surface area contributed by atoms with Crippen LogP contribution in [0, 0.1) is 0 Å². The van der Waals surface area contributed by atoms with E-state index < -0.39 is 18.5 Å². The average molecular weight is 410 g/mol. The molecule has 0 bridgehead atoms. The van der Waals surface area contributed by atoms with Gasteiger partial charge in [-0.3, -0.25) is 9.59 Å².